The highest BCUT2D eigenvalue weighted by Gasteiger charge is 2.21. The Labute approximate surface area is 164 Å². The first-order valence-electron chi connectivity index (χ1n) is 9.41. The second-order valence-electron chi connectivity index (χ2n) is 7.15. The summed E-state index contributed by atoms with van der Waals surface area (Å²) in [5, 5.41) is 10.4. The third kappa shape index (κ3) is 3.61. The molecule has 3 nitrogen and oxygen atoms in total. The lowest BCUT2D eigenvalue weighted by molar-refractivity contribution is 0.242. The molecule has 0 atom stereocenters. The molecular weight excluding hydrogens is 352 g/mol. The predicted octanol–water partition coefficient (Wildman–Crippen LogP) is 6.29. The number of rotatable bonds is 4. The first-order chi connectivity index (χ1) is 13.2. The first kappa shape index (κ1) is 17.8. The number of ether oxygens (including phenoxy) is 1. The van der Waals surface area contributed by atoms with E-state index in [4.69, 9.17) is 4.74 Å². The van der Waals surface area contributed by atoms with Gasteiger partial charge in [-0.15, -0.1) is 11.3 Å². The van der Waals surface area contributed by atoms with Crippen molar-refractivity contribution < 1.29 is 4.74 Å². The van der Waals surface area contributed by atoms with Crippen LogP contribution in [0.5, 0.6) is 5.75 Å². The van der Waals surface area contributed by atoms with Gasteiger partial charge in [0.2, 0.25) is 0 Å². The summed E-state index contributed by atoms with van der Waals surface area (Å²) < 4.78 is 5.73. The molecule has 0 N–H and O–H groups in total. The number of benzene rings is 1. The van der Waals surface area contributed by atoms with Crippen LogP contribution in [0.2, 0.25) is 0 Å². The Morgan fingerprint density at radius 1 is 1.22 bits per heavy atom. The molecule has 1 aromatic heterocycles. The zero-order chi connectivity index (χ0) is 18.8. The van der Waals surface area contributed by atoms with Crippen LogP contribution in [0, 0.1) is 11.3 Å². The topological polar surface area (TPSA) is 45.9 Å². The van der Waals surface area contributed by atoms with Crippen molar-refractivity contribution in [1.29, 1.82) is 5.26 Å². The Kier molecular flexibility index (Phi) is 4.96. The molecule has 4 rings (SSSR count). The van der Waals surface area contributed by atoms with E-state index >= 15 is 0 Å². The molecule has 0 saturated heterocycles. The van der Waals surface area contributed by atoms with Crippen molar-refractivity contribution in [2.24, 2.45) is 0 Å². The Hall–Kier alpha value is -2.64. The number of allylic oxidation sites excluding steroid dienone is 6. The van der Waals surface area contributed by atoms with Crippen molar-refractivity contribution >= 4 is 16.9 Å². The fourth-order valence-corrected chi connectivity index (χ4v) is 4.69. The summed E-state index contributed by atoms with van der Waals surface area (Å²) in [6.45, 7) is 3.92. The molecular formula is C23H22N2OS. The van der Waals surface area contributed by atoms with E-state index in [-0.39, 0.29) is 6.10 Å². The maximum absolute atomic E-state index is 9.48. The summed E-state index contributed by atoms with van der Waals surface area (Å²) in [4.78, 5) is 5.90. The van der Waals surface area contributed by atoms with Gasteiger partial charge in [0.15, 0.2) is 0 Å². The molecule has 0 radical (unpaired) electrons. The van der Waals surface area contributed by atoms with Crippen molar-refractivity contribution in [2.75, 3.05) is 0 Å². The van der Waals surface area contributed by atoms with Crippen molar-refractivity contribution in [3.8, 4) is 22.4 Å². The summed E-state index contributed by atoms with van der Waals surface area (Å²) in [5.74, 6) is 0.632. The molecule has 0 spiro atoms. The average Bonchev–Trinajstić information content (AvgIpc) is 3.28. The van der Waals surface area contributed by atoms with Crippen LogP contribution in [0.25, 0.3) is 16.1 Å². The lowest BCUT2D eigenvalue weighted by Gasteiger charge is -2.11. The first-order valence-corrected chi connectivity index (χ1v) is 10.2. The number of hydrogen-bond donors (Lipinski definition) is 0. The van der Waals surface area contributed by atoms with E-state index in [0.717, 1.165) is 23.4 Å². The van der Waals surface area contributed by atoms with E-state index in [0.29, 0.717) is 11.3 Å². The molecule has 1 aromatic carbocycles. The number of thiazole rings is 1. The van der Waals surface area contributed by atoms with Gasteiger partial charge in [-0.05, 0) is 74.4 Å². The summed E-state index contributed by atoms with van der Waals surface area (Å²) in [5.41, 5.74) is 5.93. The number of nitrogens with zero attached hydrogens (tertiary/aromatic N) is 2. The molecule has 27 heavy (non-hydrogen) atoms. The molecule has 0 amide bonds. The number of fused-ring (bicyclic) bond motifs is 1. The van der Waals surface area contributed by atoms with E-state index < -0.39 is 0 Å². The highest BCUT2D eigenvalue weighted by Crippen LogP contribution is 2.42. The fourth-order valence-electron chi connectivity index (χ4n) is 3.69. The number of hydrogen-bond acceptors (Lipinski definition) is 4. The normalized spacial score (nSPS) is 16.1. The molecule has 0 unspecified atom stereocenters. The molecule has 0 bridgehead atoms. The smallest absolute Gasteiger partial charge is 0.137 e. The molecule has 2 aromatic rings. The van der Waals surface area contributed by atoms with E-state index in [2.05, 4.69) is 29.3 Å². The van der Waals surface area contributed by atoms with Gasteiger partial charge in [-0.2, -0.15) is 5.26 Å². The van der Waals surface area contributed by atoms with Crippen LogP contribution in [0.1, 0.15) is 50.0 Å². The summed E-state index contributed by atoms with van der Waals surface area (Å²) in [6.07, 6.45) is 13.3. The third-order valence-corrected chi connectivity index (χ3v) is 6.00. The zero-order valence-corrected chi connectivity index (χ0v) is 16.5. The Balaban J connectivity index is 1.68. The summed E-state index contributed by atoms with van der Waals surface area (Å²) in [6, 6.07) is 8.00. The SMILES string of the molecule is CC(C)Oc1ccc(-c2ncc(C3=C4CCCC4=CC=CC3)s2)cc1C#N. The van der Waals surface area contributed by atoms with Gasteiger partial charge in [0.25, 0.3) is 0 Å². The zero-order valence-electron chi connectivity index (χ0n) is 15.7. The van der Waals surface area contributed by atoms with Gasteiger partial charge in [0.1, 0.15) is 16.8 Å². The minimum absolute atomic E-state index is 0.0415. The fraction of sp³-hybridized carbons (Fsp3) is 0.304. The van der Waals surface area contributed by atoms with Gasteiger partial charge in [-0.3, -0.25) is 0 Å². The predicted molar refractivity (Wildman–Crippen MR) is 111 cm³/mol. The quantitative estimate of drug-likeness (QED) is 0.631. The van der Waals surface area contributed by atoms with Gasteiger partial charge < -0.3 is 4.74 Å². The molecule has 1 fully saturated rings. The van der Waals surface area contributed by atoms with Crippen LogP contribution in [0.3, 0.4) is 0 Å². The lowest BCUT2D eigenvalue weighted by atomic mass is 10.0. The monoisotopic (exact) mass is 374 g/mol. The van der Waals surface area contributed by atoms with Crippen LogP contribution in [-0.4, -0.2) is 11.1 Å². The van der Waals surface area contributed by atoms with E-state index in [1.54, 1.807) is 11.3 Å². The second kappa shape index (κ2) is 7.54. The van der Waals surface area contributed by atoms with Gasteiger partial charge in [-0.25, -0.2) is 4.98 Å². The van der Waals surface area contributed by atoms with Crippen LogP contribution in [0.4, 0.5) is 0 Å². The van der Waals surface area contributed by atoms with Crippen LogP contribution >= 0.6 is 11.3 Å². The third-order valence-electron chi connectivity index (χ3n) is 4.89. The van der Waals surface area contributed by atoms with Gasteiger partial charge in [-0.1, -0.05) is 18.2 Å². The second-order valence-corrected chi connectivity index (χ2v) is 8.18. The molecule has 2 aliphatic rings. The highest BCUT2D eigenvalue weighted by atomic mass is 32.1. The van der Waals surface area contributed by atoms with Crippen molar-refractivity contribution in [2.45, 2.75) is 45.6 Å². The number of aromatic nitrogens is 1. The minimum atomic E-state index is 0.0415. The molecule has 0 aliphatic heterocycles. The Bertz CT molecular complexity index is 1000. The van der Waals surface area contributed by atoms with Gasteiger partial charge >= 0.3 is 0 Å². The van der Waals surface area contributed by atoms with Crippen LogP contribution in [-0.2, 0) is 0 Å². The van der Waals surface area contributed by atoms with Crippen molar-refractivity contribution in [3.63, 3.8) is 0 Å². The van der Waals surface area contributed by atoms with E-state index in [9.17, 15) is 5.26 Å². The molecule has 4 heteroatoms. The molecule has 2 aliphatic carbocycles. The van der Waals surface area contributed by atoms with E-state index in [1.807, 2.05) is 38.2 Å². The van der Waals surface area contributed by atoms with Crippen molar-refractivity contribution in [3.05, 3.63) is 64.2 Å². The Morgan fingerprint density at radius 2 is 2.11 bits per heavy atom. The average molecular weight is 375 g/mol. The Morgan fingerprint density at radius 3 is 2.93 bits per heavy atom. The standard InChI is InChI=1S/C23H22N2OS/c1-15(2)26-21-11-10-17(12-18(21)13-24)23-25-14-22(27-23)20-8-4-3-6-16-7-5-9-19(16)20/h3-4,6,10-12,14-15H,5,7-9H2,1-2H3. The van der Waals surface area contributed by atoms with Gasteiger partial charge in [0, 0.05) is 11.8 Å². The molecule has 1 heterocycles. The maximum Gasteiger partial charge on any atom is 0.137 e. The summed E-state index contributed by atoms with van der Waals surface area (Å²) >= 11 is 1.71. The lowest BCUT2D eigenvalue weighted by Crippen LogP contribution is -2.06. The highest BCUT2D eigenvalue weighted by molar-refractivity contribution is 7.16. The minimum Gasteiger partial charge on any atom is -0.490 e. The summed E-state index contributed by atoms with van der Waals surface area (Å²) in [7, 11) is 0. The van der Waals surface area contributed by atoms with Crippen LogP contribution < -0.4 is 4.74 Å². The van der Waals surface area contributed by atoms with Gasteiger partial charge in [0.05, 0.1) is 16.5 Å². The largest absolute Gasteiger partial charge is 0.490 e. The molecule has 1 saturated carbocycles. The van der Waals surface area contributed by atoms with Crippen molar-refractivity contribution in [1.82, 2.24) is 4.98 Å². The van der Waals surface area contributed by atoms with E-state index in [1.165, 1.54) is 34.4 Å². The number of nitriles is 1. The maximum atomic E-state index is 9.48. The van der Waals surface area contributed by atoms with Crippen LogP contribution in [0.15, 0.2) is 53.8 Å². The molecule has 136 valence electrons.